The smallest absolute Gasteiger partial charge is 0.0788 e. The van der Waals surface area contributed by atoms with Crippen LogP contribution in [-0.2, 0) is 0 Å². The number of nitrogens with zero attached hydrogens (tertiary/aromatic N) is 2. The second-order valence-corrected chi connectivity index (χ2v) is 17.0. The number of hydrogen-bond donors (Lipinski definition) is 0. The molecule has 2 nitrogen and oxygen atoms in total. The number of para-hydroxylation sites is 1. The van der Waals surface area contributed by atoms with E-state index in [-0.39, 0.29) is 0 Å². The third-order valence-corrected chi connectivity index (χ3v) is 13.3. The van der Waals surface area contributed by atoms with E-state index in [1.807, 2.05) is 11.3 Å². The van der Waals surface area contributed by atoms with Gasteiger partial charge in [-0.2, -0.15) is 0 Å². The van der Waals surface area contributed by atoms with E-state index in [0.717, 1.165) is 50.3 Å². The summed E-state index contributed by atoms with van der Waals surface area (Å²) in [4.78, 5) is 7.74. The monoisotopic (exact) mass is 806 g/mol. The summed E-state index contributed by atoms with van der Waals surface area (Å²) in [5, 5.41) is 8.73. The molecule has 0 amide bonds. The Morgan fingerprint density at radius 3 is 1.71 bits per heavy atom. The second-order valence-electron chi connectivity index (χ2n) is 16.0. The molecule has 10 aromatic carbocycles. The van der Waals surface area contributed by atoms with Crippen LogP contribution in [0.2, 0.25) is 0 Å². The van der Waals surface area contributed by atoms with Crippen molar-refractivity contribution >= 4 is 81.0 Å². The first kappa shape index (κ1) is 36.0. The maximum atomic E-state index is 5.36. The van der Waals surface area contributed by atoms with Gasteiger partial charge in [0.05, 0.1) is 11.2 Å². The lowest BCUT2D eigenvalue weighted by molar-refractivity contribution is 1.29. The van der Waals surface area contributed by atoms with Crippen molar-refractivity contribution in [3.8, 4) is 44.6 Å². The molecule has 2 heterocycles. The zero-order chi connectivity index (χ0) is 41.0. The molecule has 0 N–H and O–H groups in total. The van der Waals surface area contributed by atoms with E-state index in [2.05, 4.69) is 235 Å². The van der Waals surface area contributed by atoms with Gasteiger partial charge < -0.3 is 4.90 Å². The predicted molar refractivity (Wildman–Crippen MR) is 266 cm³/mol. The molecule has 12 rings (SSSR count). The zero-order valence-electron chi connectivity index (χ0n) is 33.7. The number of anilines is 3. The van der Waals surface area contributed by atoms with Gasteiger partial charge in [-0.05, 0) is 116 Å². The average molecular weight is 807 g/mol. The fourth-order valence-corrected chi connectivity index (χ4v) is 10.3. The molecule has 0 saturated carbocycles. The lowest BCUT2D eigenvalue weighted by atomic mass is 9.94. The van der Waals surface area contributed by atoms with Gasteiger partial charge in [-0.25, -0.2) is 4.98 Å². The Bertz CT molecular complexity index is 3630. The van der Waals surface area contributed by atoms with Crippen LogP contribution in [0.15, 0.2) is 231 Å². The van der Waals surface area contributed by atoms with E-state index in [0.29, 0.717) is 0 Å². The van der Waals surface area contributed by atoms with Crippen molar-refractivity contribution in [2.45, 2.75) is 0 Å². The molecule has 0 unspecified atom stereocenters. The number of fused-ring (bicyclic) bond motifs is 7. The largest absolute Gasteiger partial charge is 0.310 e. The molecular formula is C59H38N2S. The second kappa shape index (κ2) is 15.0. The van der Waals surface area contributed by atoms with Crippen molar-refractivity contribution in [1.82, 2.24) is 4.98 Å². The van der Waals surface area contributed by atoms with E-state index in [1.165, 1.54) is 64.0 Å². The lowest BCUT2D eigenvalue weighted by Gasteiger charge is -2.26. The molecule has 2 aromatic heterocycles. The average Bonchev–Trinajstić information content (AvgIpc) is 3.73. The van der Waals surface area contributed by atoms with Gasteiger partial charge in [0.15, 0.2) is 0 Å². The molecule has 0 atom stereocenters. The van der Waals surface area contributed by atoms with Gasteiger partial charge in [0.2, 0.25) is 0 Å². The Labute approximate surface area is 364 Å². The fraction of sp³-hybridized carbons (Fsp3) is 0. The molecule has 12 aromatic rings. The molecule has 0 aliphatic carbocycles. The molecule has 0 saturated heterocycles. The molecule has 0 fully saturated rings. The highest BCUT2D eigenvalue weighted by molar-refractivity contribution is 7.26. The van der Waals surface area contributed by atoms with Crippen LogP contribution in [0, 0.1) is 0 Å². The van der Waals surface area contributed by atoms with Crippen molar-refractivity contribution in [2.24, 2.45) is 0 Å². The van der Waals surface area contributed by atoms with Gasteiger partial charge in [-0.1, -0.05) is 164 Å². The van der Waals surface area contributed by atoms with Crippen LogP contribution >= 0.6 is 11.3 Å². The number of pyridine rings is 1. The Hall–Kier alpha value is -7.85. The Morgan fingerprint density at radius 1 is 0.323 bits per heavy atom. The first-order chi connectivity index (χ1) is 30.7. The summed E-state index contributed by atoms with van der Waals surface area (Å²) in [6.07, 6.45) is 0. The number of rotatable bonds is 7. The van der Waals surface area contributed by atoms with E-state index >= 15 is 0 Å². The number of thiophene rings is 1. The number of hydrogen-bond acceptors (Lipinski definition) is 3. The van der Waals surface area contributed by atoms with Crippen LogP contribution < -0.4 is 4.90 Å². The third-order valence-electron chi connectivity index (χ3n) is 12.2. The quantitative estimate of drug-likeness (QED) is 0.159. The molecule has 0 bridgehead atoms. The summed E-state index contributed by atoms with van der Waals surface area (Å²) in [6, 6.07) is 83.6. The van der Waals surface area contributed by atoms with E-state index in [1.54, 1.807) is 0 Å². The van der Waals surface area contributed by atoms with E-state index in [9.17, 15) is 0 Å². The van der Waals surface area contributed by atoms with Crippen LogP contribution in [0.25, 0.3) is 97.3 Å². The minimum absolute atomic E-state index is 0.965. The topological polar surface area (TPSA) is 16.1 Å². The lowest BCUT2D eigenvalue weighted by Crippen LogP contribution is -2.10. The van der Waals surface area contributed by atoms with Gasteiger partial charge in [-0.3, -0.25) is 0 Å². The van der Waals surface area contributed by atoms with Crippen molar-refractivity contribution < 1.29 is 0 Å². The highest BCUT2D eigenvalue weighted by Crippen LogP contribution is 2.44. The minimum Gasteiger partial charge on any atom is -0.310 e. The fourth-order valence-electron chi connectivity index (χ4n) is 9.12. The Balaban J connectivity index is 0.981. The van der Waals surface area contributed by atoms with Crippen LogP contribution in [0.3, 0.4) is 0 Å². The standard InChI is InChI=1S/C59H38N2S/c1-3-12-39(13-4-1)43-18-11-19-50(36-43)61(51-31-32-53-57(38-51)62-56-33-28-41-16-7-9-20-52(41)58(53)56)49-29-26-42(27-30-49)59-54(37-48-17-8-10-21-55(48)60-59)47-25-24-45-34-44(22-23-46(45)35-47)40-14-5-2-6-15-40/h1-38H. The molecule has 0 aliphatic rings. The van der Waals surface area contributed by atoms with Crippen LogP contribution in [0.4, 0.5) is 17.1 Å². The normalized spacial score (nSPS) is 11.5. The molecule has 0 radical (unpaired) electrons. The van der Waals surface area contributed by atoms with Gasteiger partial charge in [0, 0.05) is 53.7 Å². The van der Waals surface area contributed by atoms with Crippen LogP contribution in [0.5, 0.6) is 0 Å². The van der Waals surface area contributed by atoms with Crippen molar-refractivity contribution in [3.63, 3.8) is 0 Å². The molecule has 62 heavy (non-hydrogen) atoms. The van der Waals surface area contributed by atoms with Crippen molar-refractivity contribution in [1.29, 1.82) is 0 Å². The Morgan fingerprint density at radius 2 is 0.919 bits per heavy atom. The molecule has 290 valence electrons. The Kier molecular flexibility index (Phi) is 8.72. The summed E-state index contributed by atoms with van der Waals surface area (Å²) in [5.41, 5.74) is 13.4. The number of benzene rings is 10. The SMILES string of the molecule is c1ccc(-c2cccc(N(c3ccc(-c4nc5ccccc5cc4-c4ccc5cc(-c6ccccc6)ccc5c4)cc3)c3ccc4c(c3)sc3ccc5ccccc5c34)c2)cc1. The molecule has 0 spiro atoms. The minimum atomic E-state index is 0.965. The molecular weight excluding hydrogens is 769 g/mol. The molecule has 0 aliphatic heterocycles. The summed E-state index contributed by atoms with van der Waals surface area (Å²) in [6.45, 7) is 0. The first-order valence-corrected chi connectivity index (χ1v) is 21.9. The summed E-state index contributed by atoms with van der Waals surface area (Å²) in [5.74, 6) is 0. The van der Waals surface area contributed by atoms with Gasteiger partial charge in [0.1, 0.15) is 0 Å². The van der Waals surface area contributed by atoms with Crippen LogP contribution in [0.1, 0.15) is 0 Å². The molecule has 3 heteroatoms. The van der Waals surface area contributed by atoms with Crippen molar-refractivity contribution in [3.05, 3.63) is 231 Å². The highest BCUT2D eigenvalue weighted by Gasteiger charge is 2.18. The maximum absolute atomic E-state index is 5.36. The van der Waals surface area contributed by atoms with E-state index < -0.39 is 0 Å². The predicted octanol–water partition coefficient (Wildman–Crippen LogP) is 17.0. The summed E-state index contributed by atoms with van der Waals surface area (Å²) in [7, 11) is 0. The zero-order valence-corrected chi connectivity index (χ0v) is 34.6. The van der Waals surface area contributed by atoms with Gasteiger partial charge >= 0.3 is 0 Å². The van der Waals surface area contributed by atoms with E-state index in [4.69, 9.17) is 4.98 Å². The van der Waals surface area contributed by atoms with Gasteiger partial charge in [-0.15, -0.1) is 11.3 Å². The first-order valence-electron chi connectivity index (χ1n) is 21.1. The third kappa shape index (κ3) is 6.39. The van der Waals surface area contributed by atoms with Crippen molar-refractivity contribution in [2.75, 3.05) is 4.90 Å². The summed E-state index contributed by atoms with van der Waals surface area (Å²) >= 11 is 1.86. The summed E-state index contributed by atoms with van der Waals surface area (Å²) < 4.78 is 2.58. The van der Waals surface area contributed by atoms with Gasteiger partial charge in [0.25, 0.3) is 0 Å². The highest BCUT2D eigenvalue weighted by atomic mass is 32.1. The maximum Gasteiger partial charge on any atom is 0.0788 e. The van der Waals surface area contributed by atoms with Crippen LogP contribution in [-0.4, -0.2) is 4.98 Å². The number of aromatic nitrogens is 1.